The van der Waals surface area contributed by atoms with Crippen molar-refractivity contribution in [2.45, 2.75) is 45.1 Å². The van der Waals surface area contributed by atoms with Gasteiger partial charge in [0, 0.05) is 35.5 Å². The lowest BCUT2D eigenvalue weighted by molar-refractivity contribution is 0.323. The number of hydrogen-bond donors (Lipinski definition) is 0. The van der Waals surface area contributed by atoms with Crippen LogP contribution >= 0.6 is 0 Å². The number of hydrogen-bond acceptors (Lipinski definition) is 3. The van der Waals surface area contributed by atoms with Crippen LogP contribution < -0.4 is 9.47 Å². The summed E-state index contributed by atoms with van der Waals surface area (Å²) in [6.07, 6.45) is 7.50. The second-order valence-electron chi connectivity index (χ2n) is 8.57. The molecule has 1 saturated heterocycles. The minimum atomic E-state index is 0.705. The molecule has 3 aromatic rings. The van der Waals surface area contributed by atoms with Crippen LogP contribution in [0.4, 0.5) is 0 Å². The van der Waals surface area contributed by atoms with Crippen molar-refractivity contribution in [1.82, 2.24) is 9.47 Å². The van der Waals surface area contributed by atoms with Gasteiger partial charge in [0.25, 0.3) is 0 Å². The number of nitrogens with zero attached hydrogens (tertiary/aromatic N) is 2. The molecule has 2 aromatic carbocycles. The SMILES string of the molecule is COc1ccc2c(c1)OCCc1c-2n(CCCCCN2CCCC2)c2ccccc12. The molecule has 2 aliphatic heterocycles. The van der Waals surface area contributed by atoms with Crippen LogP contribution in [-0.4, -0.2) is 42.8 Å². The van der Waals surface area contributed by atoms with Gasteiger partial charge in [0.2, 0.25) is 0 Å². The van der Waals surface area contributed by atoms with Crippen LogP contribution in [0.2, 0.25) is 0 Å². The highest BCUT2D eigenvalue weighted by Gasteiger charge is 2.24. The highest BCUT2D eigenvalue weighted by Crippen LogP contribution is 2.42. The van der Waals surface area contributed by atoms with Gasteiger partial charge in [-0.05, 0) is 69.1 Å². The van der Waals surface area contributed by atoms with Crippen molar-refractivity contribution in [3.8, 4) is 22.8 Å². The molecule has 0 spiro atoms. The standard InChI is InChI=1S/C26H32N2O2/c1-29-20-11-12-23-25(19-20)30-18-13-22-21-9-3-4-10-24(21)28(26(22)23)17-6-2-5-14-27-15-7-8-16-27/h3-4,9-12,19H,2,5-8,13-18H2,1H3. The maximum atomic E-state index is 6.14. The van der Waals surface area contributed by atoms with E-state index in [1.165, 1.54) is 79.5 Å². The predicted molar refractivity (Wildman–Crippen MR) is 123 cm³/mol. The van der Waals surface area contributed by atoms with Crippen molar-refractivity contribution < 1.29 is 9.47 Å². The van der Waals surface area contributed by atoms with E-state index in [2.05, 4.69) is 45.9 Å². The summed E-state index contributed by atoms with van der Waals surface area (Å²) >= 11 is 0. The number of rotatable bonds is 7. The lowest BCUT2D eigenvalue weighted by Crippen LogP contribution is -2.20. The lowest BCUT2D eigenvalue weighted by Gasteiger charge is -2.16. The number of unbranched alkanes of at least 4 members (excludes halogenated alkanes) is 2. The monoisotopic (exact) mass is 404 g/mol. The van der Waals surface area contributed by atoms with E-state index in [4.69, 9.17) is 9.47 Å². The lowest BCUT2D eigenvalue weighted by atomic mass is 10.0. The van der Waals surface area contributed by atoms with E-state index in [0.717, 1.165) is 24.5 Å². The first-order valence-corrected chi connectivity index (χ1v) is 11.5. The quantitative estimate of drug-likeness (QED) is 0.485. The number of likely N-dealkylation sites (tertiary alicyclic amines) is 1. The maximum Gasteiger partial charge on any atom is 0.132 e. The summed E-state index contributed by atoms with van der Waals surface area (Å²) in [6, 6.07) is 15.1. The van der Waals surface area contributed by atoms with E-state index in [-0.39, 0.29) is 0 Å². The number of methoxy groups -OCH3 is 1. The van der Waals surface area contributed by atoms with Crippen molar-refractivity contribution in [2.75, 3.05) is 33.4 Å². The molecule has 0 unspecified atom stereocenters. The van der Waals surface area contributed by atoms with E-state index >= 15 is 0 Å². The normalized spacial score (nSPS) is 16.2. The number of para-hydroxylation sites is 1. The molecule has 4 nitrogen and oxygen atoms in total. The summed E-state index contributed by atoms with van der Waals surface area (Å²) in [4.78, 5) is 2.62. The molecule has 0 bridgehead atoms. The Balaban J connectivity index is 1.43. The Hall–Kier alpha value is -2.46. The van der Waals surface area contributed by atoms with E-state index in [1.54, 1.807) is 7.11 Å². The van der Waals surface area contributed by atoms with Gasteiger partial charge in [-0.2, -0.15) is 0 Å². The zero-order valence-electron chi connectivity index (χ0n) is 18.0. The topological polar surface area (TPSA) is 26.6 Å². The first-order valence-electron chi connectivity index (χ1n) is 11.5. The fourth-order valence-corrected chi connectivity index (χ4v) is 5.16. The molecule has 0 N–H and O–H groups in total. The molecular formula is C26H32N2O2. The first-order chi connectivity index (χ1) is 14.8. The van der Waals surface area contributed by atoms with Gasteiger partial charge in [-0.1, -0.05) is 24.6 Å². The molecule has 0 saturated carbocycles. The number of aryl methyl sites for hydroxylation is 1. The van der Waals surface area contributed by atoms with Gasteiger partial charge in [-0.3, -0.25) is 0 Å². The highest BCUT2D eigenvalue weighted by molar-refractivity contribution is 5.93. The molecule has 2 aliphatic rings. The van der Waals surface area contributed by atoms with Crippen molar-refractivity contribution >= 4 is 10.9 Å². The summed E-state index contributed by atoms with van der Waals surface area (Å²) in [5.74, 6) is 1.79. The summed E-state index contributed by atoms with van der Waals surface area (Å²) in [7, 11) is 1.71. The van der Waals surface area contributed by atoms with Crippen LogP contribution in [0.5, 0.6) is 11.5 Å². The van der Waals surface area contributed by atoms with Crippen molar-refractivity contribution in [3.05, 3.63) is 48.0 Å². The van der Waals surface area contributed by atoms with Crippen LogP contribution in [0.25, 0.3) is 22.2 Å². The summed E-state index contributed by atoms with van der Waals surface area (Å²) in [5.41, 5.74) is 5.31. The van der Waals surface area contributed by atoms with Crippen LogP contribution in [0.3, 0.4) is 0 Å². The molecule has 1 fully saturated rings. The molecule has 0 aliphatic carbocycles. The molecule has 4 heteroatoms. The minimum Gasteiger partial charge on any atom is -0.497 e. The Morgan fingerprint density at radius 2 is 1.80 bits per heavy atom. The zero-order valence-corrected chi connectivity index (χ0v) is 18.0. The van der Waals surface area contributed by atoms with E-state index in [1.807, 2.05) is 6.07 Å². The highest BCUT2D eigenvalue weighted by atomic mass is 16.5. The Morgan fingerprint density at radius 3 is 2.67 bits per heavy atom. The number of benzene rings is 2. The second kappa shape index (κ2) is 8.73. The molecule has 0 amide bonds. The minimum absolute atomic E-state index is 0.705. The molecular weight excluding hydrogens is 372 g/mol. The third kappa shape index (κ3) is 3.69. The summed E-state index contributed by atoms with van der Waals surface area (Å²) in [6.45, 7) is 5.63. The van der Waals surface area contributed by atoms with Crippen LogP contribution in [-0.2, 0) is 13.0 Å². The van der Waals surface area contributed by atoms with E-state index < -0.39 is 0 Å². The van der Waals surface area contributed by atoms with Gasteiger partial charge in [0.15, 0.2) is 0 Å². The average Bonchev–Trinajstić information content (AvgIpc) is 3.35. The van der Waals surface area contributed by atoms with Crippen LogP contribution in [0.15, 0.2) is 42.5 Å². The van der Waals surface area contributed by atoms with Gasteiger partial charge >= 0.3 is 0 Å². The third-order valence-corrected chi connectivity index (χ3v) is 6.68. The van der Waals surface area contributed by atoms with Crippen LogP contribution in [0, 0.1) is 0 Å². The Kier molecular flexibility index (Phi) is 5.67. The molecule has 30 heavy (non-hydrogen) atoms. The Labute approximate surface area is 179 Å². The number of aromatic nitrogens is 1. The van der Waals surface area contributed by atoms with Gasteiger partial charge < -0.3 is 18.9 Å². The third-order valence-electron chi connectivity index (χ3n) is 6.68. The number of ether oxygens (including phenoxy) is 2. The second-order valence-corrected chi connectivity index (χ2v) is 8.57. The molecule has 0 atom stereocenters. The summed E-state index contributed by atoms with van der Waals surface area (Å²) in [5, 5.41) is 1.37. The van der Waals surface area contributed by atoms with Gasteiger partial charge in [0.1, 0.15) is 11.5 Å². The molecule has 3 heterocycles. The van der Waals surface area contributed by atoms with E-state index in [9.17, 15) is 0 Å². The van der Waals surface area contributed by atoms with Gasteiger partial charge in [0.05, 0.1) is 19.4 Å². The molecule has 5 rings (SSSR count). The van der Waals surface area contributed by atoms with E-state index in [0.29, 0.717) is 6.61 Å². The molecule has 158 valence electrons. The Bertz CT molecular complexity index is 1020. The van der Waals surface area contributed by atoms with Gasteiger partial charge in [-0.15, -0.1) is 0 Å². The largest absolute Gasteiger partial charge is 0.497 e. The number of fused-ring (bicyclic) bond motifs is 5. The fourth-order valence-electron chi connectivity index (χ4n) is 5.16. The smallest absolute Gasteiger partial charge is 0.132 e. The predicted octanol–water partition coefficient (Wildman–Crippen LogP) is 5.52. The molecule has 0 radical (unpaired) electrons. The first kappa shape index (κ1) is 19.5. The molecule has 1 aromatic heterocycles. The zero-order chi connectivity index (χ0) is 20.3. The van der Waals surface area contributed by atoms with Crippen LogP contribution in [0.1, 0.15) is 37.7 Å². The maximum absolute atomic E-state index is 6.14. The average molecular weight is 405 g/mol. The van der Waals surface area contributed by atoms with Crippen molar-refractivity contribution in [2.24, 2.45) is 0 Å². The summed E-state index contributed by atoms with van der Waals surface area (Å²) < 4.78 is 14.1. The van der Waals surface area contributed by atoms with Crippen molar-refractivity contribution in [3.63, 3.8) is 0 Å². The van der Waals surface area contributed by atoms with Crippen molar-refractivity contribution in [1.29, 1.82) is 0 Å². The van der Waals surface area contributed by atoms with Gasteiger partial charge in [-0.25, -0.2) is 0 Å². The fraction of sp³-hybridized carbons (Fsp3) is 0.462. The Morgan fingerprint density at radius 1 is 0.967 bits per heavy atom.